The van der Waals surface area contributed by atoms with Gasteiger partial charge in [-0.05, 0) is 22.3 Å². The minimum Gasteiger partial charge on any atom is -0.477 e. The van der Waals surface area contributed by atoms with Gasteiger partial charge in [0.05, 0.1) is 0 Å². The second-order valence-corrected chi connectivity index (χ2v) is 7.98. The predicted molar refractivity (Wildman–Crippen MR) is 121 cm³/mol. The van der Waals surface area contributed by atoms with Gasteiger partial charge in [-0.25, -0.2) is 18.4 Å². The van der Waals surface area contributed by atoms with E-state index in [1.165, 1.54) is 7.05 Å². The third-order valence-electron chi connectivity index (χ3n) is 5.72. The van der Waals surface area contributed by atoms with Crippen LogP contribution in [0.4, 0.5) is 19.4 Å². The molecule has 1 aliphatic carbocycles. The van der Waals surface area contributed by atoms with Gasteiger partial charge in [0, 0.05) is 25.5 Å². The molecule has 2 aromatic carbocycles. The van der Waals surface area contributed by atoms with E-state index in [-0.39, 0.29) is 24.0 Å². The van der Waals surface area contributed by atoms with E-state index in [1.54, 1.807) is 0 Å². The lowest BCUT2D eigenvalue weighted by Crippen LogP contribution is -2.45. The van der Waals surface area contributed by atoms with Crippen molar-refractivity contribution in [2.75, 3.05) is 11.9 Å². The minimum atomic E-state index is -2.89. The third kappa shape index (κ3) is 5.13. The molecule has 4 rings (SSSR count). The molecular formula is C24H22F2N4O5. The van der Waals surface area contributed by atoms with Crippen LogP contribution in [0.5, 0.6) is 0 Å². The van der Waals surface area contributed by atoms with Crippen LogP contribution in [-0.2, 0) is 16.6 Å². The summed E-state index contributed by atoms with van der Waals surface area (Å²) < 4.78 is 32.5. The van der Waals surface area contributed by atoms with Gasteiger partial charge in [0.25, 0.3) is 0 Å². The van der Waals surface area contributed by atoms with Gasteiger partial charge in [-0.1, -0.05) is 48.5 Å². The Morgan fingerprint density at radius 2 is 1.69 bits per heavy atom. The smallest absolute Gasteiger partial charge is 0.407 e. The van der Waals surface area contributed by atoms with Crippen molar-refractivity contribution in [3.63, 3.8) is 0 Å². The van der Waals surface area contributed by atoms with Gasteiger partial charge < -0.3 is 20.5 Å². The van der Waals surface area contributed by atoms with Crippen molar-refractivity contribution < 1.29 is 33.0 Å². The first-order valence-electron chi connectivity index (χ1n) is 10.7. The Bertz CT molecular complexity index is 1230. The second kappa shape index (κ2) is 9.92. The molecule has 0 aliphatic heterocycles. The van der Waals surface area contributed by atoms with Crippen molar-refractivity contribution in [1.29, 1.82) is 0 Å². The number of hydrogen-bond donors (Lipinski definition) is 3. The molecule has 0 saturated heterocycles. The molecule has 11 heteroatoms. The van der Waals surface area contributed by atoms with E-state index in [0.717, 1.165) is 33.0 Å². The number of rotatable bonds is 8. The average Bonchev–Trinajstić information content (AvgIpc) is 3.34. The summed E-state index contributed by atoms with van der Waals surface area (Å²) in [6.45, 7) is -0.0505. The van der Waals surface area contributed by atoms with E-state index < -0.39 is 36.9 Å². The third-order valence-corrected chi connectivity index (χ3v) is 5.72. The molecule has 2 amide bonds. The van der Waals surface area contributed by atoms with Crippen LogP contribution in [0.3, 0.4) is 0 Å². The van der Waals surface area contributed by atoms with Crippen LogP contribution in [0.25, 0.3) is 11.1 Å². The number of fused-ring (bicyclic) bond motifs is 3. The van der Waals surface area contributed by atoms with E-state index in [2.05, 4.69) is 15.7 Å². The molecule has 1 atom stereocenters. The van der Waals surface area contributed by atoms with Crippen LogP contribution in [0.15, 0.2) is 54.6 Å². The minimum absolute atomic E-state index is 0.0505. The molecule has 35 heavy (non-hydrogen) atoms. The molecule has 0 bridgehead atoms. The number of nitrogens with zero attached hydrogens (tertiary/aromatic N) is 2. The van der Waals surface area contributed by atoms with Crippen LogP contribution >= 0.6 is 0 Å². The topological polar surface area (TPSA) is 123 Å². The van der Waals surface area contributed by atoms with Crippen LogP contribution in [0.2, 0.25) is 0 Å². The maximum Gasteiger partial charge on any atom is 0.407 e. The first-order valence-corrected chi connectivity index (χ1v) is 10.7. The Morgan fingerprint density at radius 3 is 2.23 bits per heavy atom. The molecule has 3 aromatic rings. The number of nitrogens with one attached hydrogen (secondary N) is 2. The highest BCUT2D eigenvalue weighted by Gasteiger charge is 2.30. The highest BCUT2D eigenvalue weighted by molar-refractivity contribution is 5.97. The highest BCUT2D eigenvalue weighted by Crippen LogP contribution is 2.44. The van der Waals surface area contributed by atoms with E-state index in [0.29, 0.717) is 0 Å². The largest absolute Gasteiger partial charge is 0.477 e. The zero-order valence-electron chi connectivity index (χ0n) is 18.6. The molecular weight excluding hydrogens is 462 g/mol. The molecule has 3 N–H and O–H groups in total. The van der Waals surface area contributed by atoms with E-state index >= 15 is 0 Å². The number of alkyl halides is 2. The number of halogens is 2. The van der Waals surface area contributed by atoms with Gasteiger partial charge in [0.1, 0.15) is 18.3 Å². The number of aromatic carboxylic acids is 1. The summed E-state index contributed by atoms with van der Waals surface area (Å²) in [5, 5.41) is 17.3. The van der Waals surface area contributed by atoms with Crippen molar-refractivity contribution in [3.8, 4) is 11.1 Å². The monoisotopic (exact) mass is 484 g/mol. The Kier molecular flexibility index (Phi) is 6.76. The number of amides is 2. The molecule has 1 aliphatic rings. The molecule has 0 saturated carbocycles. The quantitative estimate of drug-likeness (QED) is 0.449. The first-order chi connectivity index (χ1) is 16.7. The Labute approximate surface area is 198 Å². The van der Waals surface area contributed by atoms with Crippen LogP contribution < -0.4 is 10.6 Å². The number of carboxylic acid groups (broad SMARTS) is 1. The maximum absolute atomic E-state index is 13.1. The fraction of sp³-hybridized carbons (Fsp3) is 0.250. The van der Waals surface area contributed by atoms with Crippen LogP contribution in [0, 0.1) is 0 Å². The number of aryl methyl sites for hydroxylation is 1. The number of carboxylic acids is 1. The van der Waals surface area contributed by atoms with E-state index in [1.807, 2.05) is 48.5 Å². The lowest BCUT2D eigenvalue weighted by atomic mass is 9.98. The lowest BCUT2D eigenvalue weighted by Gasteiger charge is -2.19. The van der Waals surface area contributed by atoms with Crippen molar-refractivity contribution in [1.82, 2.24) is 15.1 Å². The number of hydrogen-bond acceptors (Lipinski definition) is 5. The number of ether oxygens (including phenoxy) is 1. The van der Waals surface area contributed by atoms with Crippen molar-refractivity contribution in [3.05, 3.63) is 71.4 Å². The van der Waals surface area contributed by atoms with Gasteiger partial charge >= 0.3 is 12.1 Å². The molecule has 1 heterocycles. The SMILES string of the molecule is Cn1nc(NC(=O)C(CC(F)F)NC(=O)OCC2c3ccccc3-c3ccccc32)cc1C(=O)O. The molecule has 0 radical (unpaired) electrons. The molecule has 9 nitrogen and oxygen atoms in total. The van der Waals surface area contributed by atoms with Gasteiger partial charge in [0.15, 0.2) is 5.82 Å². The van der Waals surface area contributed by atoms with Crippen molar-refractivity contribution >= 4 is 23.8 Å². The van der Waals surface area contributed by atoms with Gasteiger partial charge in [-0.3, -0.25) is 9.48 Å². The fourth-order valence-electron chi connectivity index (χ4n) is 4.13. The number of carbonyl (C=O) groups is 3. The standard InChI is InChI=1S/C24H22F2N4O5/c1-30-19(23(32)33)11-21(29-30)28-22(31)18(10-20(25)26)27-24(34)35-12-17-15-8-4-2-6-13(15)14-7-3-5-9-16(14)17/h2-9,11,17-18,20H,10,12H2,1H3,(H,27,34)(H,32,33)(H,28,29,31). The summed E-state index contributed by atoms with van der Waals surface area (Å²) in [5.41, 5.74) is 3.81. The zero-order valence-corrected chi connectivity index (χ0v) is 18.6. The van der Waals surface area contributed by atoms with Crippen LogP contribution in [0.1, 0.15) is 34.0 Å². The number of anilines is 1. The van der Waals surface area contributed by atoms with Crippen molar-refractivity contribution in [2.45, 2.75) is 24.8 Å². The summed E-state index contributed by atoms with van der Waals surface area (Å²) in [6, 6.07) is 14.9. The highest BCUT2D eigenvalue weighted by atomic mass is 19.3. The average molecular weight is 484 g/mol. The van der Waals surface area contributed by atoms with Gasteiger partial charge in [0.2, 0.25) is 12.3 Å². The van der Waals surface area contributed by atoms with Gasteiger partial charge in [-0.2, -0.15) is 5.10 Å². The number of carbonyl (C=O) groups excluding carboxylic acids is 2. The summed E-state index contributed by atoms with van der Waals surface area (Å²) in [5.74, 6) is -2.64. The predicted octanol–water partition coefficient (Wildman–Crippen LogP) is 3.62. The Hall–Kier alpha value is -4.28. The normalized spacial score (nSPS) is 13.1. The molecule has 0 spiro atoms. The molecule has 182 valence electrons. The second-order valence-electron chi connectivity index (χ2n) is 7.98. The number of aromatic nitrogens is 2. The van der Waals surface area contributed by atoms with E-state index in [9.17, 15) is 23.2 Å². The van der Waals surface area contributed by atoms with Crippen molar-refractivity contribution in [2.24, 2.45) is 7.05 Å². The fourth-order valence-corrected chi connectivity index (χ4v) is 4.13. The number of benzene rings is 2. The molecule has 0 fully saturated rings. The summed E-state index contributed by atoms with van der Waals surface area (Å²) in [7, 11) is 1.35. The molecule has 1 unspecified atom stereocenters. The van der Waals surface area contributed by atoms with Crippen LogP contribution in [-0.4, -0.2) is 51.9 Å². The lowest BCUT2D eigenvalue weighted by molar-refractivity contribution is -0.119. The summed E-state index contributed by atoms with van der Waals surface area (Å²) in [4.78, 5) is 36.1. The first kappa shape index (κ1) is 23.9. The summed E-state index contributed by atoms with van der Waals surface area (Å²) in [6.07, 6.45) is -4.88. The Balaban J connectivity index is 1.42. The van der Waals surface area contributed by atoms with E-state index in [4.69, 9.17) is 9.84 Å². The Morgan fingerprint density at radius 1 is 1.09 bits per heavy atom. The number of alkyl carbamates (subject to hydrolysis) is 1. The maximum atomic E-state index is 13.1. The van der Waals surface area contributed by atoms with Gasteiger partial charge in [-0.15, -0.1) is 0 Å². The molecule has 1 aromatic heterocycles. The summed E-state index contributed by atoms with van der Waals surface area (Å²) >= 11 is 0. The zero-order chi connectivity index (χ0) is 25.1.